The monoisotopic (exact) mass is 376 g/mol. The average Bonchev–Trinajstić information content (AvgIpc) is 2.30. The first kappa shape index (κ1) is 18.6. The van der Waals surface area contributed by atoms with E-state index in [-0.39, 0.29) is 0 Å². The third-order valence-corrected chi connectivity index (χ3v) is 5.55. The Morgan fingerprint density at radius 2 is 1.86 bits per heavy atom. The largest absolute Gasteiger partial charge is 0.313 e. The number of hydrogen-bond acceptors (Lipinski definition) is 3. The quantitative estimate of drug-likeness (QED) is 0.748. The molecule has 120 valence electrons. The van der Waals surface area contributed by atoms with Gasteiger partial charge in [-0.3, -0.25) is 0 Å². The highest BCUT2D eigenvalue weighted by Gasteiger charge is 2.24. The van der Waals surface area contributed by atoms with E-state index >= 15 is 0 Å². The van der Waals surface area contributed by atoms with Crippen molar-refractivity contribution in [3.63, 3.8) is 0 Å². The lowest BCUT2D eigenvalue weighted by Crippen LogP contribution is -2.40. The highest BCUT2D eigenvalue weighted by Crippen LogP contribution is 2.26. The fraction of sp³-hybridized carbons (Fsp3) is 0.600. The lowest BCUT2D eigenvalue weighted by molar-refractivity contribution is 0.491. The standard InChI is InChI=1S/C15H25BrN2O2S/c1-6-7-17-10-12-8-13(16)11(2)14(9-12)21(19,20)18-15(3,4)5/h8-9,17-18H,6-7,10H2,1-5H3. The molecule has 0 aliphatic heterocycles. The van der Waals surface area contributed by atoms with Crippen molar-refractivity contribution in [3.8, 4) is 0 Å². The maximum atomic E-state index is 12.6. The first-order chi connectivity index (χ1) is 9.57. The molecule has 0 aliphatic rings. The molecular weight excluding hydrogens is 352 g/mol. The van der Waals surface area contributed by atoms with Gasteiger partial charge in [0, 0.05) is 16.6 Å². The molecule has 1 aromatic carbocycles. The summed E-state index contributed by atoms with van der Waals surface area (Å²) in [6.07, 6.45) is 1.05. The van der Waals surface area contributed by atoms with Gasteiger partial charge in [0.15, 0.2) is 0 Å². The molecule has 0 bridgehead atoms. The zero-order valence-corrected chi connectivity index (χ0v) is 15.8. The van der Waals surface area contributed by atoms with Crippen molar-refractivity contribution in [1.82, 2.24) is 10.0 Å². The summed E-state index contributed by atoms with van der Waals surface area (Å²) in [5.74, 6) is 0. The second-order valence-corrected chi connectivity index (χ2v) is 8.74. The Hall–Kier alpha value is -0.430. The Balaban J connectivity index is 3.16. The van der Waals surface area contributed by atoms with Crippen LogP contribution in [0.3, 0.4) is 0 Å². The SMILES string of the molecule is CCCNCc1cc(Br)c(C)c(S(=O)(=O)NC(C)(C)C)c1. The van der Waals surface area contributed by atoms with Gasteiger partial charge >= 0.3 is 0 Å². The van der Waals surface area contributed by atoms with E-state index in [1.54, 1.807) is 6.07 Å². The molecule has 2 N–H and O–H groups in total. The normalized spacial score (nSPS) is 12.7. The van der Waals surface area contributed by atoms with Crippen LogP contribution in [0.25, 0.3) is 0 Å². The van der Waals surface area contributed by atoms with Gasteiger partial charge in [0.05, 0.1) is 4.90 Å². The van der Waals surface area contributed by atoms with Crippen LogP contribution in [-0.2, 0) is 16.6 Å². The first-order valence-corrected chi connectivity index (χ1v) is 9.38. The van der Waals surface area contributed by atoms with Crippen molar-refractivity contribution < 1.29 is 8.42 Å². The summed E-state index contributed by atoms with van der Waals surface area (Å²) >= 11 is 3.46. The Morgan fingerprint density at radius 1 is 1.24 bits per heavy atom. The second-order valence-electron chi connectivity index (χ2n) is 6.23. The number of benzene rings is 1. The highest BCUT2D eigenvalue weighted by molar-refractivity contribution is 9.10. The van der Waals surface area contributed by atoms with Crippen LogP contribution < -0.4 is 10.0 Å². The van der Waals surface area contributed by atoms with Gasteiger partial charge in [-0.25, -0.2) is 13.1 Å². The maximum Gasteiger partial charge on any atom is 0.241 e. The predicted molar refractivity (Wildman–Crippen MR) is 91.0 cm³/mol. The molecule has 0 unspecified atom stereocenters. The molecule has 4 nitrogen and oxygen atoms in total. The van der Waals surface area contributed by atoms with Crippen LogP contribution in [0.15, 0.2) is 21.5 Å². The number of sulfonamides is 1. The number of nitrogens with one attached hydrogen (secondary N) is 2. The molecule has 0 saturated carbocycles. The molecule has 0 fully saturated rings. The molecule has 0 aromatic heterocycles. The summed E-state index contributed by atoms with van der Waals surface area (Å²) in [5, 5.41) is 3.29. The summed E-state index contributed by atoms with van der Waals surface area (Å²) in [4.78, 5) is 0.333. The zero-order chi connectivity index (χ0) is 16.3. The van der Waals surface area contributed by atoms with Crippen molar-refractivity contribution in [2.24, 2.45) is 0 Å². The van der Waals surface area contributed by atoms with Crippen LogP contribution in [0, 0.1) is 6.92 Å². The van der Waals surface area contributed by atoms with E-state index < -0.39 is 15.6 Å². The summed E-state index contributed by atoms with van der Waals surface area (Å²) in [6.45, 7) is 11.0. The van der Waals surface area contributed by atoms with E-state index in [1.807, 2.05) is 33.8 Å². The summed E-state index contributed by atoms with van der Waals surface area (Å²) in [5.41, 5.74) is 1.18. The molecule has 0 saturated heterocycles. The third-order valence-electron chi connectivity index (χ3n) is 2.84. The smallest absolute Gasteiger partial charge is 0.241 e. The van der Waals surface area contributed by atoms with Gasteiger partial charge in [-0.15, -0.1) is 0 Å². The van der Waals surface area contributed by atoms with Crippen molar-refractivity contribution >= 4 is 26.0 Å². The van der Waals surface area contributed by atoms with Crippen LogP contribution in [0.4, 0.5) is 0 Å². The Bertz CT molecular complexity index is 592. The van der Waals surface area contributed by atoms with Gasteiger partial charge in [-0.2, -0.15) is 0 Å². The Kier molecular flexibility index (Phi) is 6.40. The topological polar surface area (TPSA) is 58.2 Å². The summed E-state index contributed by atoms with van der Waals surface area (Å²) in [7, 11) is -3.53. The van der Waals surface area contributed by atoms with Crippen molar-refractivity contribution in [3.05, 3.63) is 27.7 Å². The second kappa shape index (κ2) is 7.22. The number of halogens is 1. The van der Waals surface area contributed by atoms with E-state index in [4.69, 9.17) is 0 Å². The van der Waals surface area contributed by atoms with Crippen LogP contribution in [0.5, 0.6) is 0 Å². The van der Waals surface area contributed by atoms with E-state index in [0.717, 1.165) is 28.6 Å². The fourth-order valence-electron chi connectivity index (χ4n) is 1.96. The van der Waals surface area contributed by atoms with Crippen molar-refractivity contribution in [2.75, 3.05) is 6.54 Å². The lowest BCUT2D eigenvalue weighted by Gasteiger charge is -2.22. The molecule has 6 heteroatoms. The van der Waals surface area contributed by atoms with Gasteiger partial charge in [0.1, 0.15) is 0 Å². The fourth-order valence-corrected chi connectivity index (χ4v) is 4.33. The van der Waals surface area contributed by atoms with Gasteiger partial charge in [0.2, 0.25) is 10.0 Å². The Labute approximate surface area is 136 Å². The van der Waals surface area contributed by atoms with E-state index in [9.17, 15) is 8.42 Å². The minimum Gasteiger partial charge on any atom is -0.313 e. The molecule has 0 radical (unpaired) electrons. The predicted octanol–water partition coefficient (Wildman–Crippen LogP) is 3.33. The maximum absolute atomic E-state index is 12.6. The van der Waals surface area contributed by atoms with Crippen molar-refractivity contribution in [1.29, 1.82) is 0 Å². The van der Waals surface area contributed by atoms with Gasteiger partial charge < -0.3 is 5.32 Å². The van der Waals surface area contributed by atoms with Crippen LogP contribution in [0.2, 0.25) is 0 Å². The first-order valence-electron chi connectivity index (χ1n) is 7.10. The molecule has 0 amide bonds. The van der Waals surface area contributed by atoms with E-state index in [0.29, 0.717) is 11.4 Å². The van der Waals surface area contributed by atoms with Crippen LogP contribution >= 0.6 is 15.9 Å². The lowest BCUT2D eigenvalue weighted by atomic mass is 10.1. The minimum atomic E-state index is -3.53. The third kappa shape index (κ3) is 5.70. The molecule has 0 atom stereocenters. The molecule has 0 heterocycles. The van der Waals surface area contributed by atoms with Crippen LogP contribution in [0.1, 0.15) is 45.2 Å². The number of hydrogen-bond donors (Lipinski definition) is 2. The minimum absolute atomic E-state index is 0.333. The molecule has 1 rings (SSSR count). The highest BCUT2D eigenvalue weighted by atomic mass is 79.9. The summed E-state index contributed by atoms with van der Waals surface area (Å²) < 4.78 is 28.6. The Morgan fingerprint density at radius 3 is 2.38 bits per heavy atom. The van der Waals surface area contributed by atoms with Gasteiger partial charge in [-0.05, 0) is 63.9 Å². The zero-order valence-electron chi connectivity index (χ0n) is 13.4. The van der Waals surface area contributed by atoms with Gasteiger partial charge in [-0.1, -0.05) is 22.9 Å². The van der Waals surface area contributed by atoms with E-state index in [1.165, 1.54) is 0 Å². The molecule has 1 aromatic rings. The number of rotatable bonds is 6. The molecule has 21 heavy (non-hydrogen) atoms. The van der Waals surface area contributed by atoms with Gasteiger partial charge in [0.25, 0.3) is 0 Å². The average molecular weight is 377 g/mol. The van der Waals surface area contributed by atoms with Crippen molar-refractivity contribution in [2.45, 2.75) is 58.0 Å². The molecular formula is C15H25BrN2O2S. The van der Waals surface area contributed by atoms with Crippen LogP contribution in [-0.4, -0.2) is 20.5 Å². The molecule has 0 spiro atoms. The van der Waals surface area contributed by atoms with E-state index in [2.05, 4.69) is 32.9 Å². The summed E-state index contributed by atoms with van der Waals surface area (Å²) in [6, 6.07) is 3.71. The molecule has 0 aliphatic carbocycles.